The molecular weight excluding hydrogens is 312 g/mol. The fourth-order valence-electron chi connectivity index (χ4n) is 2.70. The molecule has 2 N–H and O–H groups in total. The zero-order valence-corrected chi connectivity index (χ0v) is 13.9. The normalized spacial score (nSPS) is 11.1. The van der Waals surface area contributed by atoms with Gasteiger partial charge in [-0.25, -0.2) is 0 Å². The molecule has 5 nitrogen and oxygen atoms in total. The molecule has 1 amide bonds. The fraction of sp³-hybridized carbons (Fsp3) is 0.294. The molecule has 3 rings (SSSR count). The van der Waals surface area contributed by atoms with E-state index in [0.717, 1.165) is 32.9 Å². The second kappa shape index (κ2) is 6.46. The van der Waals surface area contributed by atoms with Crippen molar-refractivity contribution in [1.29, 1.82) is 0 Å². The van der Waals surface area contributed by atoms with Crippen LogP contribution in [0.4, 0.5) is 0 Å². The lowest BCUT2D eigenvalue weighted by Gasteiger charge is -2.07. The molecule has 0 spiro atoms. The third-order valence-electron chi connectivity index (χ3n) is 4.06. The molecule has 2 aromatic heterocycles. The molecule has 0 unspecified atom stereocenters. The van der Waals surface area contributed by atoms with Crippen LogP contribution in [0.15, 0.2) is 30.5 Å². The molecular formula is C17H19ClN4O. The van der Waals surface area contributed by atoms with Gasteiger partial charge in [-0.15, -0.1) is 0 Å². The number of rotatable bonds is 5. The Balaban J connectivity index is 1.58. The van der Waals surface area contributed by atoms with E-state index < -0.39 is 0 Å². The number of nitrogens with one attached hydrogen (secondary N) is 2. The minimum absolute atomic E-state index is 0.0285. The summed E-state index contributed by atoms with van der Waals surface area (Å²) in [6, 6.07) is 7.79. The number of benzene rings is 1. The summed E-state index contributed by atoms with van der Waals surface area (Å²) in [6.07, 6.45) is 2.42. The van der Waals surface area contributed by atoms with Crippen LogP contribution >= 0.6 is 11.6 Å². The number of amides is 1. The SMILES string of the molecule is Cc1n[nH]c(C)c1CNC(=O)CCn1ccc2cc(Cl)ccc21. The number of H-pyrrole nitrogens is 1. The number of nitrogens with zero attached hydrogens (tertiary/aromatic N) is 2. The zero-order valence-electron chi connectivity index (χ0n) is 13.2. The lowest BCUT2D eigenvalue weighted by atomic mass is 10.2. The van der Waals surface area contributed by atoms with Gasteiger partial charge in [0.2, 0.25) is 5.91 Å². The zero-order chi connectivity index (χ0) is 16.4. The Bertz CT molecular complexity index is 830. The Morgan fingerprint density at radius 3 is 2.91 bits per heavy atom. The average Bonchev–Trinajstić information content (AvgIpc) is 3.06. The molecule has 0 aliphatic carbocycles. The monoisotopic (exact) mass is 330 g/mol. The van der Waals surface area contributed by atoms with E-state index in [-0.39, 0.29) is 5.91 Å². The maximum absolute atomic E-state index is 12.1. The summed E-state index contributed by atoms with van der Waals surface area (Å²) < 4.78 is 2.07. The first kappa shape index (κ1) is 15.6. The van der Waals surface area contributed by atoms with Gasteiger partial charge in [0.05, 0.1) is 5.69 Å². The van der Waals surface area contributed by atoms with Crippen LogP contribution in [0.3, 0.4) is 0 Å². The topological polar surface area (TPSA) is 62.7 Å². The number of aromatic amines is 1. The van der Waals surface area contributed by atoms with Crippen molar-refractivity contribution in [2.24, 2.45) is 0 Å². The summed E-state index contributed by atoms with van der Waals surface area (Å²) in [7, 11) is 0. The number of carbonyl (C=O) groups is 1. The van der Waals surface area contributed by atoms with Crippen molar-refractivity contribution in [2.45, 2.75) is 33.4 Å². The number of fused-ring (bicyclic) bond motifs is 1. The molecule has 0 aliphatic heterocycles. The third-order valence-corrected chi connectivity index (χ3v) is 4.29. The van der Waals surface area contributed by atoms with Gasteiger partial charge in [-0.2, -0.15) is 5.10 Å². The molecule has 1 aromatic carbocycles. The standard InChI is InChI=1S/C17H19ClN4O/c1-11-15(12(2)21-20-11)10-19-17(23)6-8-22-7-5-13-9-14(18)3-4-16(13)22/h3-5,7,9H,6,8,10H2,1-2H3,(H,19,23)(H,20,21). The lowest BCUT2D eigenvalue weighted by Crippen LogP contribution is -2.24. The summed E-state index contributed by atoms with van der Waals surface area (Å²) in [6.45, 7) is 5.04. The Morgan fingerprint density at radius 1 is 1.35 bits per heavy atom. The minimum atomic E-state index is 0.0285. The van der Waals surface area contributed by atoms with Crippen LogP contribution in [0, 0.1) is 13.8 Å². The van der Waals surface area contributed by atoms with Crippen LogP contribution in [0.5, 0.6) is 0 Å². The predicted molar refractivity (Wildman–Crippen MR) is 91.5 cm³/mol. The number of halogens is 1. The van der Waals surface area contributed by atoms with E-state index in [0.29, 0.717) is 19.5 Å². The van der Waals surface area contributed by atoms with Crippen molar-refractivity contribution in [3.63, 3.8) is 0 Å². The molecule has 0 aliphatic rings. The van der Waals surface area contributed by atoms with Crippen LogP contribution < -0.4 is 5.32 Å². The maximum atomic E-state index is 12.1. The van der Waals surface area contributed by atoms with Crippen molar-refractivity contribution in [1.82, 2.24) is 20.1 Å². The van der Waals surface area contributed by atoms with Crippen molar-refractivity contribution in [3.05, 3.63) is 52.4 Å². The molecule has 0 atom stereocenters. The van der Waals surface area contributed by atoms with Crippen LogP contribution in [-0.2, 0) is 17.9 Å². The molecule has 0 radical (unpaired) electrons. The van der Waals surface area contributed by atoms with Gasteiger partial charge in [0, 0.05) is 52.9 Å². The van der Waals surface area contributed by atoms with E-state index in [1.165, 1.54) is 0 Å². The first-order chi connectivity index (χ1) is 11.0. The number of hydrogen-bond acceptors (Lipinski definition) is 2. The summed E-state index contributed by atoms with van der Waals surface area (Å²) >= 11 is 5.99. The first-order valence-corrected chi connectivity index (χ1v) is 7.94. The molecule has 0 fully saturated rings. The highest BCUT2D eigenvalue weighted by molar-refractivity contribution is 6.31. The number of aromatic nitrogens is 3. The van der Waals surface area contributed by atoms with Gasteiger partial charge in [0.15, 0.2) is 0 Å². The van der Waals surface area contributed by atoms with Gasteiger partial charge in [-0.1, -0.05) is 11.6 Å². The third kappa shape index (κ3) is 3.40. The first-order valence-electron chi connectivity index (χ1n) is 7.56. The summed E-state index contributed by atoms with van der Waals surface area (Å²) in [5, 5.41) is 11.8. The second-order valence-corrected chi connectivity index (χ2v) is 6.09. The van der Waals surface area contributed by atoms with Crippen molar-refractivity contribution >= 4 is 28.4 Å². The van der Waals surface area contributed by atoms with E-state index in [9.17, 15) is 4.79 Å². The smallest absolute Gasteiger partial charge is 0.222 e. The maximum Gasteiger partial charge on any atom is 0.222 e. The summed E-state index contributed by atoms with van der Waals surface area (Å²) in [4.78, 5) is 12.1. The molecule has 0 bridgehead atoms. The summed E-state index contributed by atoms with van der Waals surface area (Å²) in [5.74, 6) is 0.0285. The molecule has 0 saturated carbocycles. The molecule has 2 heterocycles. The van der Waals surface area contributed by atoms with Gasteiger partial charge in [-0.3, -0.25) is 9.89 Å². The molecule has 23 heavy (non-hydrogen) atoms. The average molecular weight is 331 g/mol. The van der Waals surface area contributed by atoms with Crippen molar-refractivity contribution in [3.8, 4) is 0 Å². The summed E-state index contributed by atoms with van der Waals surface area (Å²) in [5.41, 5.74) is 4.07. The Labute approximate surface area is 139 Å². The molecule has 0 saturated heterocycles. The lowest BCUT2D eigenvalue weighted by molar-refractivity contribution is -0.121. The van der Waals surface area contributed by atoms with Gasteiger partial charge in [0.25, 0.3) is 0 Å². The second-order valence-electron chi connectivity index (χ2n) is 5.65. The highest BCUT2D eigenvalue weighted by atomic mass is 35.5. The van der Waals surface area contributed by atoms with Crippen molar-refractivity contribution < 1.29 is 4.79 Å². The largest absolute Gasteiger partial charge is 0.352 e. The quantitative estimate of drug-likeness (QED) is 0.753. The number of carbonyl (C=O) groups excluding carboxylic acids is 1. The Hall–Kier alpha value is -2.27. The number of hydrogen-bond donors (Lipinski definition) is 2. The number of aryl methyl sites for hydroxylation is 3. The molecule has 6 heteroatoms. The minimum Gasteiger partial charge on any atom is -0.352 e. The van der Waals surface area contributed by atoms with Crippen LogP contribution in [0.25, 0.3) is 10.9 Å². The highest BCUT2D eigenvalue weighted by Gasteiger charge is 2.09. The molecule has 3 aromatic rings. The van der Waals surface area contributed by atoms with Crippen molar-refractivity contribution in [2.75, 3.05) is 0 Å². The van der Waals surface area contributed by atoms with Gasteiger partial charge in [-0.05, 0) is 38.1 Å². The van der Waals surface area contributed by atoms with E-state index in [1.807, 2.05) is 44.3 Å². The van der Waals surface area contributed by atoms with Crippen LogP contribution in [-0.4, -0.2) is 20.7 Å². The van der Waals surface area contributed by atoms with Crippen LogP contribution in [0.2, 0.25) is 5.02 Å². The van der Waals surface area contributed by atoms with E-state index in [4.69, 9.17) is 11.6 Å². The fourth-order valence-corrected chi connectivity index (χ4v) is 2.88. The van der Waals surface area contributed by atoms with Crippen LogP contribution in [0.1, 0.15) is 23.4 Å². The Kier molecular flexibility index (Phi) is 4.39. The van der Waals surface area contributed by atoms with E-state index in [2.05, 4.69) is 20.1 Å². The molecule has 120 valence electrons. The van der Waals surface area contributed by atoms with E-state index in [1.54, 1.807) is 0 Å². The Morgan fingerprint density at radius 2 is 2.17 bits per heavy atom. The highest BCUT2D eigenvalue weighted by Crippen LogP contribution is 2.20. The van der Waals surface area contributed by atoms with E-state index >= 15 is 0 Å². The van der Waals surface area contributed by atoms with Gasteiger partial charge in [0.1, 0.15) is 0 Å². The predicted octanol–water partition coefficient (Wildman–Crippen LogP) is 3.34. The van der Waals surface area contributed by atoms with Gasteiger partial charge >= 0.3 is 0 Å². The van der Waals surface area contributed by atoms with Gasteiger partial charge < -0.3 is 9.88 Å².